The van der Waals surface area contributed by atoms with E-state index in [-0.39, 0.29) is 48.4 Å². The van der Waals surface area contributed by atoms with Crippen LogP contribution in [-0.4, -0.2) is 38.9 Å². The van der Waals surface area contributed by atoms with E-state index in [4.69, 9.17) is 4.74 Å². The van der Waals surface area contributed by atoms with Crippen molar-refractivity contribution in [1.82, 2.24) is 0 Å². The van der Waals surface area contributed by atoms with E-state index in [1.54, 1.807) is 0 Å². The van der Waals surface area contributed by atoms with Crippen LogP contribution in [0.2, 0.25) is 0 Å². The normalized spacial score (nSPS) is 11.7. The topological polar surface area (TPSA) is 102 Å². The molecular formula is C18H37NaO7S. The molecule has 0 fully saturated rings. The fourth-order valence-electron chi connectivity index (χ4n) is 2.23. The van der Waals surface area contributed by atoms with Crippen LogP contribution in [0.15, 0.2) is 0 Å². The Bertz CT molecular complexity index is 412. The molecule has 0 spiro atoms. The van der Waals surface area contributed by atoms with Gasteiger partial charge in [-0.25, -0.2) is 8.42 Å². The Kier molecular flexibility index (Phi) is 26.8. The first kappa shape index (κ1) is 32.0. The third kappa shape index (κ3) is 31.2. The summed E-state index contributed by atoms with van der Waals surface area (Å²) in [4.78, 5) is 10.3. The van der Waals surface area contributed by atoms with Gasteiger partial charge in [-0.15, -0.1) is 0 Å². The predicted molar refractivity (Wildman–Crippen MR) is 100 cm³/mol. The van der Waals surface area contributed by atoms with Gasteiger partial charge < -0.3 is 14.0 Å². The summed E-state index contributed by atoms with van der Waals surface area (Å²) in [5.74, 6) is -0.302. The SMILES string of the molecule is CCC(OC)OC(C)=O.CCCCCCCCCCCCOS(=O)(=O)[O-].[Na+]. The predicted octanol–water partition coefficient (Wildman–Crippen LogP) is 1.32. The number of carbonyl (C=O) groups is 1. The summed E-state index contributed by atoms with van der Waals surface area (Å²) in [6, 6.07) is 0. The molecule has 158 valence electrons. The summed E-state index contributed by atoms with van der Waals surface area (Å²) < 4.78 is 43.9. The Morgan fingerprint density at radius 2 is 1.37 bits per heavy atom. The second-order valence-corrected chi connectivity index (χ2v) is 7.15. The van der Waals surface area contributed by atoms with Crippen LogP contribution in [0.5, 0.6) is 0 Å². The Hall–Kier alpha value is 0.300. The molecule has 0 heterocycles. The number of carbonyl (C=O) groups excluding carboxylic acids is 1. The summed E-state index contributed by atoms with van der Waals surface area (Å²) in [5, 5.41) is 0. The van der Waals surface area contributed by atoms with Gasteiger partial charge in [-0.1, -0.05) is 71.6 Å². The molecule has 0 saturated heterocycles. The average molecular weight is 421 g/mol. The van der Waals surface area contributed by atoms with Crippen molar-refractivity contribution in [2.24, 2.45) is 0 Å². The zero-order valence-corrected chi connectivity index (χ0v) is 20.6. The van der Waals surface area contributed by atoms with E-state index < -0.39 is 10.4 Å². The second kappa shape index (κ2) is 22.6. The van der Waals surface area contributed by atoms with Crippen LogP contribution >= 0.6 is 0 Å². The molecule has 0 saturated carbocycles. The maximum Gasteiger partial charge on any atom is 1.00 e. The van der Waals surface area contributed by atoms with Gasteiger partial charge in [-0.3, -0.25) is 8.98 Å². The number of rotatable bonds is 15. The fraction of sp³-hybridized carbons (Fsp3) is 0.944. The van der Waals surface area contributed by atoms with Crippen LogP contribution in [-0.2, 0) is 28.9 Å². The van der Waals surface area contributed by atoms with Gasteiger partial charge in [0.2, 0.25) is 16.7 Å². The average Bonchev–Trinajstić information content (AvgIpc) is 2.57. The molecule has 0 rings (SSSR count). The van der Waals surface area contributed by atoms with E-state index in [1.165, 1.54) is 59.0 Å². The van der Waals surface area contributed by atoms with Gasteiger partial charge >= 0.3 is 35.5 Å². The minimum Gasteiger partial charge on any atom is -0.726 e. The summed E-state index contributed by atoms with van der Waals surface area (Å²) in [7, 11) is -2.97. The minimum atomic E-state index is -4.48. The van der Waals surface area contributed by atoms with Crippen molar-refractivity contribution in [1.29, 1.82) is 0 Å². The van der Waals surface area contributed by atoms with Crippen molar-refractivity contribution < 1.29 is 61.0 Å². The van der Waals surface area contributed by atoms with Crippen molar-refractivity contribution in [2.45, 2.75) is 97.7 Å². The van der Waals surface area contributed by atoms with Crippen molar-refractivity contribution in [2.75, 3.05) is 13.7 Å². The molecule has 0 amide bonds. The van der Waals surface area contributed by atoms with Crippen molar-refractivity contribution in [3.8, 4) is 0 Å². The molecule has 0 aliphatic heterocycles. The summed E-state index contributed by atoms with van der Waals surface area (Å²) >= 11 is 0. The van der Waals surface area contributed by atoms with Gasteiger partial charge in [-0.2, -0.15) is 0 Å². The monoisotopic (exact) mass is 420 g/mol. The molecule has 9 heteroatoms. The zero-order chi connectivity index (χ0) is 20.3. The molecule has 0 bridgehead atoms. The Balaban J connectivity index is -0.000000491. The van der Waals surface area contributed by atoms with Crippen molar-refractivity contribution >= 4 is 16.4 Å². The quantitative estimate of drug-likeness (QED) is 0.0983. The zero-order valence-electron chi connectivity index (χ0n) is 17.8. The molecule has 1 atom stereocenters. The minimum absolute atomic E-state index is 0. The molecule has 0 N–H and O–H groups in total. The first-order valence-electron chi connectivity index (χ1n) is 9.57. The number of unbranched alkanes of at least 4 members (excludes halogenated alkanes) is 9. The molecule has 0 aromatic rings. The van der Waals surface area contributed by atoms with Gasteiger partial charge in [0.15, 0.2) is 0 Å². The van der Waals surface area contributed by atoms with Gasteiger partial charge in [-0.05, 0) is 6.42 Å². The molecule has 0 aliphatic rings. The number of methoxy groups -OCH3 is 1. The Morgan fingerprint density at radius 3 is 1.67 bits per heavy atom. The smallest absolute Gasteiger partial charge is 0.726 e. The second-order valence-electron chi connectivity index (χ2n) is 6.10. The third-order valence-electron chi connectivity index (χ3n) is 3.62. The van der Waals surface area contributed by atoms with Crippen LogP contribution in [0.25, 0.3) is 0 Å². The van der Waals surface area contributed by atoms with E-state index in [9.17, 15) is 17.8 Å². The maximum absolute atomic E-state index is 10.3. The molecule has 0 aliphatic carbocycles. The maximum atomic E-state index is 10.3. The van der Waals surface area contributed by atoms with Crippen LogP contribution in [0, 0.1) is 0 Å². The van der Waals surface area contributed by atoms with Crippen molar-refractivity contribution in [3.05, 3.63) is 0 Å². The molecule has 0 aromatic heterocycles. The molecular weight excluding hydrogens is 383 g/mol. The molecule has 1 unspecified atom stereocenters. The largest absolute Gasteiger partial charge is 1.00 e. The van der Waals surface area contributed by atoms with Gasteiger partial charge in [0.05, 0.1) is 6.61 Å². The van der Waals surface area contributed by atoms with Crippen LogP contribution < -0.4 is 29.6 Å². The fourth-order valence-corrected chi connectivity index (χ4v) is 2.56. The van der Waals surface area contributed by atoms with Gasteiger partial charge in [0.25, 0.3) is 0 Å². The van der Waals surface area contributed by atoms with E-state index >= 15 is 0 Å². The van der Waals surface area contributed by atoms with Crippen LogP contribution in [0.1, 0.15) is 91.4 Å². The van der Waals surface area contributed by atoms with E-state index in [0.717, 1.165) is 12.8 Å². The summed E-state index contributed by atoms with van der Waals surface area (Å²) in [5.41, 5.74) is 0. The van der Waals surface area contributed by atoms with E-state index in [1.807, 2.05) is 6.92 Å². The van der Waals surface area contributed by atoms with E-state index in [2.05, 4.69) is 15.8 Å². The Labute approximate surface area is 188 Å². The third-order valence-corrected chi connectivity index (χ3v) is 4.07. The van der Waals surface area contributed by atoms with Crippen LogP contribution in [0.4, 0.5) is 0 Å². The molecule has 0 aromatic carbocycles. The standard InChI is InChI=1S/C12H26O4S.C6H12O3.Na/c1-2-3-4-5-6-7-8-9-10-11-12-16-17(13,14)15;1-4-6(8-3)9-5(2)7;/h2-12H2,1H3,(H,13,14,15);6H,4H2,1-3H3;/q;;+1/p-1. The summed E-state index contributed by atoms with van der Waals surface area (Å²) in [6.45, 7) is 5.49. The molecule has 0 radical (unpaired) electrons. The summed E-state index contributed by atoms with van der Waals surface area (Å²) in [6.07, 6.45) is 12.0. The number of ether oxygens (including phenoxy) is 2. The first-order valence-corrected chi connectivity index (χ1v) is 10.9. The van der Waals surface area contributed by atoms with Gasteiger partial charge in [0.1, 0.15) is 0 Å². The van der Waals surface area contributed by atoms with E-state index in [0.29, 0.717) is 12.8 Å². The number of hydrogen-bond acceptors (Lipinski definition) is 7. The number of hydrogen-bond donors (Lipinski definition) is 0. The van der Waals surface area contributed by atoms with Crippen LogP contribution in [0.3, 0.4) is 0 Å². The Morgan fingerprint density at radius 1 is 0.926 bits per heavy atom. The molecule has 27 heavy (non-hydrogen) atoms. The van der Waals surface area contributed by atoms with Gasteiger partial charge in [0, 0.05) is 20.5 Å². The molecule has 7 nitrogen and oxygen atoms in total. The first-order chi connectivity index (χ1) is 12.3. The number of esters is 1. The van der Waals surface area contributed by atoms with Crippen molar-refractivity contribution in [3.63, 3.8) is 0 Å².